The van der Waals surface area contributed by atoms with Crippen molar-refractivity contribution in [1.82, 2.24) is 15.4 Å². The number of carbonyl (C=O) groups is 2. The van der Waals surface area contributed by atoms with Crippen molar-refractivity contribution in [3.63, 3.8) is 0 Å². The van der Waals surface area contributed by atoms with Crippen LogP contribution < -0.4 is 20.3 Å². The monoisotopic (exact) mass is 640 g/mol. The van der Waals surface area contributed by atoms with Crippen LogP contribution in [-0.4, -0.2) is 49.2 Å². The molecule has 0 saturated carbocycles. The van der Waals surface area contributed by atoms with Gasteiger partial charge in [-0.05, 0) is 80.9 Å². The minimum Gasteiger partial charge on any atom is -0.455 e. The van der Waals surface area contributed by atoms with E-state index in [0.29, 0.717) is 44.9 Å². The third-order valence-electron chi connectivity index (χ3n) is 7.79. The molecule has 0 fully saturated rings. The molecule has 1 heterocycles. The van der Waals surface area contributed by atoms with Crippen molar-refractivity contribution < 1.29 is 22.6 Å². The summed E-state index contributed by atoms with van der Waals surface area (Å²) in [7, 11) is 0.177. The van der Waals surface area contributed by atoms with Crippen LogP contribution in [0.2, 0.25) is 0 Å². The zero-order valence-electron chi connectivity index (χ0n) is 26.3. The Bertz CT molecular complexity index is 1880. The second-order valence-electron chi connectivity index (χ2n) is 10.7. The Morgan fingerprint density at radius 1 is 0.870 bits per heavy atom. The number of benzene rings is 4. The van der Waals surface area contributed by atoms with Crippen LogP contribution in [0.15, 0.2) is 94.2 Å². The van der Waals surface area contributed by atoms with Gasteiger partial charge in [0.15, 0.2) is 0 Å². The lowest BCUT2D eigenvalue weighted by molar-refractivity contribution is 0.0950. The van der Waals surface area contributed by atoms with Gasteiger partial charge in [0, 0.05) is 67.1 Å². The third kappa shape index (κ3) is 7.03. The first-order chi connectivity index (χ1) is 22.2. The van der Waals surface area contributed by atoms with Crippen LogP contribution in [0.5, 0.6) is 0 Å². The summed E-state index contributed by atoms with van der Waals surface area (Å²) in [4.78, 5) is 29.2. The van der Waals surface area contributed by atoms with Crippen LogP contribution in [0, 0.1) is 12.7 Å². The molecule has 238 valence electrons. The topological polar surface area (TPSA) is 104 Å². The molecule has 5 aromatic rings. The molecule has 1 atom stereocenters. The molecular weight excluding hydrogens is 603 g/mol. The van der Waals surface area contributed by atoms with Gasteiger partial charge in [-0.3, -0.25) is 9.59 Å². The molecule has 0 aliphatic carbocycles. The second kappa shape index (κ2) is 14.5. The normalized spacial score (nSPS) is 11.8. The van der Waals surface area contributed by atoms with Crippen molar-refractivity contribution >= 4 is 39.5 Å². The minimum absolute atomic E-state index is 0.261. The van der Waals surface area contributed by atoms with Crippen LogP contribution in [0.1, 0.15) is 40.1 Å². The van der Waals surface area contributed by atoms with E-state index in [-0.39, 0.29) is 24.2 Å². The van der Waals surface area contributed by atoms with E-state index in [9.17, 15) is 18.2 Å². The zero-order chi connectivity index (χ0) is 32.8. The standard InChI is InChI=1S/C36H37FN4O4S/c1-5-41(6-2)31-22-32-30(33(36(43)38-4)34(45-32)24-12-14-27(37)15-13-24)21-29(31)25-8-7-9-26(20-25)35(42)39-18-19-40-46(44)28-16-10-23(3)11-17-28/h7-17,20-22,40H,5-6,18-19H2,1-4H3,(H,38,43)(H,39,42). The number of nitrogens with one attached hydrogen (secondary N) is 3. The molecule has 0 radical (unpaired) electrons. The molecular formula is C36H37FN4O4S. The number of nitrogens with zero attached hydrogens (tertiary/aromatic N) is 1. The predicted molar refractivity (Wildman–Crippen MR) is 182 cm³/mol. The third-order valence-corrected chi connectivity index (χ3v) is 8.95. The van der Waals surface area contributed by atoms with Gasteiger partial charge in [0.2, 0.25) is 0 Å². The largest absolute Gasteiger partial charge is 0.455 e. The van der Waals surface area contributed by atoms with Crippen LogP contribution in [-0.2, 0) is 11.0 Å². The number of carbonyl (C=O) groups excluding carboxylic acids is 2. The van der Waals surface area contributed by atoms with Crippen molar-refractivity contribution in [3.8, 4) is 22.5 Å². The fourth-order valence-corrected chi connectivity index (χ4v) is 6.18. The van der Waals surface area contributed by atoms with E-state index in [0.717, 1.165) is 35.5 Å². The Hall–Kier alpha value is -4.80. The highest BCUT2D eigenvalue weighted by molar-refractivity contribution is 7.83. The van der Waals surface area contributed by atoms with Gasteiger partial charge in [-0.25, -0.2) is 13.3 Å². The van der Waals surface area contributed by atoms with E-state index in [4.69, 9.17) is 4.42 Å². The summed E-state index contributed by atoms with van der Waals surface area (Å²) in [5.41, 5.74) is 5.52. The number of amides is 2. The minimum atomic E-state index is -1.38. The molecule has 0 aliphatic heterocycles. The first-order valence-corrected chi connectivity index (χ1v) is 16.3. The van der Waals surface area contributed by atoms with Crippen LogP contribution in [0.25, 0.3) is 33.4 Å². The molecule has 3 N–H and O–H groups in total. The number of fused-ring (bicyclic) bond motifs is 1. The maximum absolute atomic E-state index is 13.7. The van der Waals surface area contributed by atoms with Crippen LogP contribution in [0.4, 0.5) is 10.1 Å². The highest BCUT2D eigenvalue weighted by Gasteiger charge is 2.24. The van der Waals surface area contributed by atoms with E-state index in [1.165, 1.54) is 12.1 Å². The second-order valence-corrected chi connectivity index (χ2v) is 12.0. The van der Waals surface area contributed by atoms with E-state index >= 15 is 0 Å². The lowest BCUT2D eigenvalue weighted by Crippen LogP contribution is -2.32. The van der Waals surface area contributed by atoms with Crippen LogP contribution in [0.3, 0.4) is 0 Å². The van der Waals surface area contributed by atoms with Crippen LogP contribution >= 0.6 is 0 Å². The number of halogens is 1. The quantitative estimate of drug-likeness (QED) is 0.136. The molecule has 0 saturated heterocycles. The van der Waals surface area contributed by atoms with Gasteiger partial charge < -0.3 is 20.0 Å². The van der Waals surface area contributed by atoms with Gasteiger partial charge in [-0.1, -0.05) is 29.8 Å². The number of aryl methyl sites for hydroxylation is 1. The summed E-state index contributed by atoms with van der Waals surface area (Å²) in [6.45, 7) is 8.15. The van der Waals surface area contributed by atoms with Crippen molar-refractivity contribution in [3.05, 3.63) is 107 Å². The van der Waals surface area contributed by atoms with Crippen molar-refractivity contribution in [2.24, 2.45) is 0 Å². The summed E-state index contributed by atoms with van der Waals surface area (Å²) < 4.78 is 35.5. The number of hydrogen-bond acceptors (Lipinski definition) is 5. The fraction of sp³-hybridized carbons (Fsp3) is 0.222. The first kappa shape index (κ1) is 32.6. The number of rotatable bonds is 12. The fourth-order valence-electron chi connectivity index (χ4n) is 5.34. The van der Waals surface area contributed by atoms with Gasteiger partial charge in [0.25, 0.3) is 11.8 Å². The molecule has 1 aromatic heterocycles. The number of furan rings is 1. The van der Waals surface area contributed by atoms with Gasteiger partial charge in [0.1, 0.15) is 28.1 Å². The molecule has 0 spiro atoms. The lowest BCUT2D eigenvalue weighted by atomic mass is 9.96. The summed E-state index contributed by atoms with van der Waals surface area (Å²) in [5, 5.41) is 6.21. The smallest absolute Gasteiger partial charge is 0.255 e. The molecule has 0 bridgehead atoms. The van der Waals surface area contributed by atoms with Gasteiger partial charge in [-0.2, -0.15) is 0 Å². The van der Waals surface area contributed by atoms with E-state index < -0.39 is 11.0 Å². The predicted octanol–water partition coefficient (Wildman–Crippen LogP) is 6.46. The molecule has 1 unspecified atom stereocenters. The first-order valence-electron chi connectivity index (χ1n) is 15.2. The summed E-state index contributed by atoms with van der Waals surface area (Å²) in [6, 6.07) is 24.4. The Labute approximate surface area is 270 Å². The van der Waals surface area contributed by atoms with Crippen molar-refractivity contribution in [2.75, 3.05) is 38.1 Å². The van der Waals surface area contributed by atoms with Crippen molar-refractivity contribution in [1.29, 1.82) is 0 Å². The Kier molecular flexibility index (Phi) is 10.3. The molecule has 10 heteroatoms. The lowest BCUT2D eigenvalue weighted by Gasteiger charge is -2.24. The SMILES string of the molecule is CCN(CC)c1cc2oc(-c3ccc(F)cc3)c(C(=O)NC)c2cc1-c1cccc(C(=O)NCCNS(=O)c2ccc(C)cc2)c1. The molecule has 0 aliphatic rings. The molecule has 46 heavy (non-hydrogen) atoms. The summed E-state index contributed by atoms with van der Waals surface area (Å²) >= 11 is 0. The summed E-state index contributed by atoms with van der Waals surface area (Å²) in [5.74, 6) is -0.625. The average Bonchev–Trinajstić information content (AvgIpc) is 3.45. The molecule has 5 rings (SSSR count). The van der Waals surface area contributed by atoms with E-state index in [2.05, 4.69) is 34.1 Å². The highest BCUT2D eigenvalue weighted by atomic mass is 32.2. The average molecular weight is 641 g/mol. The Morgan fingerprint density at radius 3 is 2.26 bits per heavy atom. The van der Waals surface area contributed by atoms with E-state index in [1.807, 2.05) is 61.5 Å². The van der Waals surface area contributed by atoms with E-state index in [1.54, 1.807) is 25.2 Å². The number of anilines is 1. The Morgan fingerprint density at radius 2 is 1.59 bits per heavy atom. The van der Waals surface area contributed by atoms with Gasteiger partial charge in [0.05, 0.1) is 10.5 Å². The number of hydrogen-bond donors (Lipinski definition) is 3. The van der Waals surface area contributed by atoms with Gasteiger partial charge in [-0.15, -0.1) is 0 Å². The molecule has 2 amide bonds. The van der Waals surface area contributed by atoms with Crippen molar-refractivity contribution in [2.45, 2.75) is 25.7 Å². The highest BCUT2D eigenvalue weighted by Crippen LogP contribution is 2.41. The maximum atomic E-state index is 13.7. The molecule has 4 aromatic carbocycles. The molecule has 8 nitrogen and oxygen atoms in total. The zero-order valence-corrected chi connectivity index (χ0v) is 27.1. The summed E-state index contributed by atoms with van der Waals surface area (Å²) in [6.07, 6.45) is 0. The Balaban J connectivity index is 1.46. The van der Waals surface area contributed by atoms with Gasteiger partial charge >= 0.3 is 0 Å². The maximum Gasteiger partial charge on any atom is 0.255 e.